The van der Waals surface area contributed by atoms with Crippen molar-refractivity contribution in [1.29, 1.82) is 0 Å². The number of rotatable bonds is 3. The maximum Gasteiger partial charge on any atom is 0.153 e. The molecule has 0 aliphatic rings. The number of carbonyl (C=O) groups excluding carboxylic acids is 1. The van der Waals surface area contributed by atoms with Gasteiger partial charge in [0.15, 0.2) is 6.29 Å². The molecule has 0 spiro atoms. The van der Waals surface area contributed by atoms with Gasteiger partial charge in [0.1, 0.15) is 11.5 Å². The average molecular weight is 180 g/mol. The maximum absolute atomic E-state index is 10.5. The largest absolute Gasteiger partial charge is 0.507 e. The van der Waals surface area contributed by atoms with Crippen molar-refractivity contribution in [3.8, 4) is 11.5 Å². The number of hydrogen-bond acceptors (Lipinski definition) is 3. The van der Waals surface area contributed by atoms with Crippen LogP contribution in [0.3, 0.4) is 0 Å². The van der Waals surface area contributed by atoms with Crippen LogP contribution in [0.2, 0.25) is 0 Å². The molecule has 1 N–H and O–H groups in total. The number of methoxy groups -OCH3 is 1. The van der Waals surface area contributed by atoms with E-state index in [1.165, 1.54) is 13.2 Å². The lowest BCUT2D eigenvalue weighted by atomic mass is 10.1. The minimum absolute atomic E-state index is 0.0540. The summed E-state index contributed by atoms with van der Waals surface area (Å²) in [4.78, 5) is 10.5. The van der Waals surface area contributed by atoms with Crippen LogP contribution in [0.15, 0.2) is 12.1 Å². The van der Waals surface area contributed by atoms with Gasteiger partial charge in [0.25, 0.3) is 0 Å². The van der Waals surface area contributed by atoms with Crippen LogP contribution in [0.1, 0.15) is 22.8 Å². The van der Waals surface area contributed by atoms with Crippen LogP contribution in [0, 0.1) is 0 Å². The lowest BCUT2D eigenvalue weighted by molar-refractivity contribution is 0.112. The van der Waals surface area contributed by atoms with Gasteiger partial charge >= 0.3 is 0 Å². The van der Waals surface area contributed by atoms with Crippen molar-refractivity contribution in [1.82, 2.24) is 0 Å². The number of phenols is 1. The third-order valence-electron chi connectivity index (χ3n) is 1.94. The van der Waals surface area contributed by atoms with Crippen molar-refractivity contribution in [2.24, 2.45) is 0 Å². The summed E-state index contributed by atoms with van der Waals surface area (Å²) < 4.78 is 4.98. The molecule has 0 amide bonds. The Morgan fingerprint density at radius 2 is 2.23 bits per heavy atom. The van der Waals surface area contributed by atoms with Gasteiger partial charge < -0.3 is 9.84 Å². The molecule has 0 atom stereocenters. The number of aromatic hydroxyl groups is 1. The van der Waals surface area contributed by atoms with Crippen molar-refractivity contribution in [3.05, 3.63) is 23.3 Å². The van der Waals surface area contributed by atoms with Crippen molar-refractivity contribution >= 4 is 6.29 Å². The van der Waals surface area contributed by atoms with Crippen molar-refractivity contribution < 1.29 is 14.6 Å². The van der Waals surface area contributed by atoms with E-state index in [0.29, 0.717) is 18.5 Å². The van der Waals surface area contributed by atoms with Crippen LogP contribution in [0.4, 0.5) is 0 Å². The Kier molecular flexibility index (Phi) is 2.90. The molecule has 0 unspecified atom stereocenters. The zero-order chi connectivity index (χ0) is 9.84. The summed E-state index contributed by atoms with van der Waals surface area (Å²) in [5.74, 6) is 0.648. The molecule has 1 aromatic carbocycles. The molecule has 3 heteroatoms. The lowest BCUT2D eigenvalue weighted by Gasteiger charge is -2.07. The fraction of sp³-hybridized carbons (Fsp3) is 0.300. The lowest BCUT2D eigenvalue weighted by Crippen LogP contribution is -1.91. The number of aryl methyl sites for hydroxylation is 1. The predicted octanol–water partition coefficient (Wildman–Crippen LogP) is 1.78. The van der Waals surface area contributed by atoms with Crippen LogP contribution in [0.25, 0.3) is 0 Å². The average Bonchev–Trinajstić information content (AvgIpc) is 2.18. The van der Waals surface area contributed by atoms with Gasteiger partial charge in [-0.1, -0.05) is 6.92 Å². The molecule has 0 aliphatic carbocycles. The van der Waals surface area contributed by atoms with Gasteiger partial charge in [-0.15, -0.1) is 0 Å². The molecule has 0 aliphatic heterocycles. The highest BCUT2D eigenvalue weighted by Crippen LogP contribution is 2.27. The van der Waals surface area contributed by atoms with Crippen molar-refractivity contribution in [2.75, 3.05) is 7.11 Å². The zero-order valence-electron chi connectivity index (χ0n) is 7.70. The Morgan fingerprint density at radius 3 is 2.69 bits per heavy atom. The van der Waals surface area contributed by atoms with E-state index in [2.05, 4.69) is 0 Å². The van der Waals surface area contributed by atoms with Gasteiger partial charge in [0.2, 0.25) is 0 Å². The van der Waals surface area contributed by atoms with E-state index in [-0.39, 0.29) is 11.3 Å². The normalized spacial score (nSPS) is 9.69. The predicted molar refractivity (Wildman–Crippen MR) is 49.4 cm³/mol. The van der Waals surface area contributed by atoms with Gasteiger partial charge in [0, 0.05) is 0 Å². The van der Waals surface area contributed by atoms with E-state index in [0.717, 1.165) is 5.56 Å². The molecular formula is C10H12O3. The second kappa shape index (κ2) is 3.94. The number of phenolic OH excluding ortho intramolecular Hbond substituents is 1. The monoisotopic (exact) mass is 180 g/mol. The second-order valence-corrected chi connectivity index (χ2v) is 2.70. The van der Waals surface area contributed by atoms with E-state index < -0.39 is 0 Å². The molecular weight excluding hydrogens is 168 g/mol. The minimum Gasteiger partial charge on any atom is -0.507 e. The first kappa shape index (κ1) is 9.58. The van der Waals surface area contributed by atoms with E-state index >= 15 is 0 Å². The molecule has 1 rings (SSSR count). The Bertz CT molecular complexity index is 318. The topological polar surface area (TPSA) is 46.5 Å². The Morgan fingerprint density at radius 1 is 1.54 bits per heavy atom. The highest BCUT2D eigenvalue weighted by atomic mass is 16.5. The van der Waals surface area contributed by atoms with E-state index in [1.807, 2.05) is 6.92 Å². The molecule has 3 nitrogen and oxygen atoms in total. The van der Waals surface area contributed by atoms with Crippen LogP contribution >= 0.6 is 0 Å². The molecule has 1 aromatic rings. The SMILES string of the molecule is CCc1cc(OC)cc(C=O)c1O. The molecule has 0 fully saturated rings. The first-order chi connectivity index (χ1) is 6.22. The molecule has 0 saturated heterocycles. The highest BCUT2D eigenvalue weighted by molar-refractivity contribution is 5.81. The number of benzene rings is 1. The van der Waals surface area contributed by atoms with E-state index in [4.69, 9.17) is 4.74 Å². The first-order valence-corrected chi connectivity index (χ1v) is 4.08. The summed E-state index contributed by atoms with van der Waals surface area (Å²) in [5, 5.41) is 9.52. The van der Waals surface area contributed by atoms with Crippen molar-refractivity contribution in [2.45, 2.75) is 13.3 Å². The molecule has 13 heavy (non-hydrogen) atoms. The molecule has 70 valence electrons. The summed E-state index contributed by atoms with van der Waals surface area (Å²) in [5.41, 5.74) is 0.998. The first-order valence-electron chi connectivity index (χ1n) is 4.08. The Labute approximate surface area is 77.0 Å². The molecule has 0 heterocycles. The fourth-order valence-corrected chi connectivity index (χ4v) is 1.17. The number of hydrogen-bond donors (Lipinski definition) is 1. The molecule has 0 saturated carbocycles. The van der Waals surface area contributed by atoms with Gasteiger partial charge in [-0.3, -0.25) is 4.79 Å². The Balaban J connectivity index is 3.28. The minimum atomic E-state index is 0.0540. The van der Waals surface area contributed by atoms with Crippen LogP contribution < -0.4 is 4.74 Å². The van der Waals surface area contributed by atoms with E-state index in [1.54, 1.807) is 6.07 Å². The molecule has 0 radical (unpaired) electrons. The summed E-state index contributed by atoms with van der Waals surface area (Å²) in [6, 6.07) is 3.24. The summed E-state index contributed by atoms with van der Waals surface area (Å²) in [6.07, 6.45) is 1.29. The smallest absolute Gasteiger partial charge is 0.153 e. The summed E-state index contributed by atoms with van der Waals surface area (Å²) in [7, 11) is 1.53. The van der Waals surface area contributed by atoms with Gasteiger partial charge in [-0.25, -0.2) is 0 Å². The zero-order valence-corrected chi connectivity index (χ0v) is 7.70. The molecule has 0 bridgehead atoms. The quantitative estimate of drug-likeness (QED) is 0.721. The number of aldehydes is 1. The van der Waals surface area contributed by atoms with Crippen molar-refractivity contribution in [3.63, 3.8) is 0 Å². The number of carbonyl (C=O) groups is 1. The third kappa shape index (κ3) is 1.80. The highest BCUT2D eigenvalue weighted by Gasteiger charge is 2.07. The Hall–Kier alpha value is -1.51. The van der Waals surface area contributed by atoms with Gasteiger partial charge in [-0.2, -0.15) is 0 Å². The number of ether oxygens (including phenoxy) is 1. The van der Waals surface area contributed by atoms with Crippen LogP contribution in [-0.4, -0.2) is 18.5 Å². The van der Waals surface area contributed by atoms with Crippen LogP contribution in [0.5, 0.6) is 11.5 Å². The summed E-state index contributed by atoms with van der Waals surface area (Å²) in [6.45, 7) is 1.91. The third-order valence-corrected chi connectivity index (χ3v) is 1.94. The van der Waals surface area contributed by atoms with Crippen LogP contribution in [-0.2, 0) is 6.42 Å². The van der Waals surface area contributed by atoms with Gasteiger partial charge in [0.05, 0.1) is 12.7 Å². The second-order valence-electron chi connectivity index (χ2n) is 2.70. The fourth-order valence-electron chi connectivity index (χ4n) is 1.17. The van der Waals surface area contributed by atoms with Gasteiger partial charge in [-0.05, 0) is 24.1 Å². The molecule has 0 aromatic heterocycles. The maximum atomic E-state index is 10.5. The summed E-state index contributed by atoms with van der Waals surface area (Å²) >= 11 is 0. The van der Waals surface area contributed by atoms with E-state index in [9.17, 15) is 9.90 Å². The standard InChI is InChI=1S/C10H12O3/c1-3-7-4-9(13-2)5-8(6-11)10(7)12/h4-6,12H,3H2,1-2H3.